The van der Waals surface area contributed by atoms with Crippen LogP contribution in [-0.4, -0.2) is 6.88 Å². The van der Waals surface area contributed by atoms with Crippen molar-refractivity contribution >= 4 is 53.2 Å². The van der Waals surface area contributed by atoms with Gasteiger partial charge in [0.15, 0.2) is 0 Å². The van der Waals surface area contributed by atoms with Crippen molar-refractivity contribution in [1.29, 1.82) is 0 Å². The van der Waals surface area contributed by atoms with Crippen molar-refractivity contribution in [2.24, 2.45) is 0 Å². The second-order valence-corrected chi connectivity index (χ2v) is 8.61. The number of hydrogen-bond acceptors (Lipinski definition) is 0. The molecule has 0 unspecified atom stereocenters. The standard InChI is InChI=1S/2C15H19.2CH3.2ClH.Si.Zr/c2*1-2-3-4-5-8-13-11-14-9-6-7-10-15(14)12-13;;;;;;/h2*6-7,9-12H,2-5,8H2,1H3;2*1H3;2*1H;;/q4*-1;;;;. The first kappa shape index (κ1) is 39.8. The van der Waals surface area contributed by atoms with Gasteiger partial charge < -0.3 is 14.9 Å². The van der Waals surface area contributed by atoms with Crippen molar-refractivity contribution in [2.45, 2.75) is 78.1 Å². The molecule has 0 aliphatic carbocycles. The van der Waals surface area contributed by atoms with Gasteiger partial charge in [0.2, 0.25) is 0 Å². The molecule has 0 aliphatic heterocycles. The molecule has 0 nitrogen and oxygen atoms in total. The van der Waals surface area contributed by atoms with Crippen LogP contribution in [0.15, 0.2) is 72.8 Å². The quantitative estimate of drug-likeness (QED) is 0.0940. The molecule has 0 spiro atoms. The first-order valence-electron chi connectivity index (χ1n) is 12.3. The van der Waals surface area contributed by atoms with Gasteiger partial charge in [-0.05, 0) is 12.8 Å². The summed E-state index contributed by atoms with van der Waals surface area (Å²) in [5, 5.41) is 5.57. The van der Waals surface area contributed by atoms with E-state index in [1.54, 1.807) is 0 Å². The Morgan fingerprint density at radius 1 is 0.583 bits per heavy atom. The fourth-order valence-electron chi connectivity index (χ4n) is 4.23. The van der Waals surface area contributed by atoms with Gasteiger partial charge in [0.05, 0.1) is 0 Å². The molecule has 0 N–H and O–H groups in total. The average molecular weight is 621 g/mol. The van der Waals surface area contributed by atoms with Crippen LogP contribution in [0.3, 0.4) is 0 Å². The SMILES string of the molecule is CCCCCCc1cc2ccccc2[cH-]1.CCCCCCc1cc2ccccc2[cH-]1.Cl.Cl.[CH3-].[CH3-].[Si]=[Zr]. The Balaban J connectivity index is -0.000000513. The molecule has 2 radical (unpaired) electrons. The number of benzene rings is 2. The Morgan fingerprint density at radius 2 is 0.944 bits per heavy atom. The molecule has 4 rings (SSSR count). The molecule has 4 heteroatoms. The molecular formula is C32H46Cl2SiZr-4. The van der Waals surface area contributed by atoms with Gasteiger partial charge in [-0.3, -0.25) is 0 Å². The number of unbranched alkanes of at least 4 members (excludes halogenated alkanes) is 6. The summed E-state index contributed by atoms with van der Waals surface area (Å²) in [6, 6.07) is 26.6. The summed E-state index contributed by atoms with van der Waals surface area (Å²) in [7, 11) is 0. The summed E-state index contributed by atoms with van der Waals surface area (Å²) in [5.41, 5.74) is 3.01. The molecule has 0 heterocycles. The predicted molar refractivity (Wildman–Crippen MR) is 168 cm³/mol. The van der Waals surface area contributed by atoms with E-state index in [9.17, 15) is 0 Å². The maximum absolute atomic E-state index is 3.06. The molecule has 0 atom stereocenters. The number of aryl methyl sites for hydroxylation is 2. The maximum atomic E-state index is 3.06. The number of halogens is 2. The third-order valence-electron chi connectivity index (χ3n) is 5.99. The van der Waals surface area contributed by atoms with Crippen LogP contribution in [0, 0.1) is 14.9 Å². The fourth-order valence-corrected chi connectivity index (χ4v) is 4.23. The average Bonchev–Trinajstić information content (AvgIpc) is 3.44. The van der Waals surface area contributed by atoms with E-state index in [0.717, 1.165) is 0 Å². The van der Waals surface area contributed by atoms with Crippen LogP contribution in [-0.2, 0) is 36.2 Å². The van der Waals surface area contributed by atoms with Gasteiger partial charge in [-0.1, -0.05) is 77.3 Å². The minimum atomic E-state index is 0. The van der Waals surface area contributed by atoms with Crippen molar-refractivity contribution in [2.75, 3.05) is 0 Å². The summed E-state index contributed by atoms with van der Waals surface area (Å²) in [6.45, 7) is 7.58. The summed E-state index contributed by atoms with van der Waals surface area (Å²) in [4.78, 5) is 0. The van der Waals surface area contributed by atoms with E-state index in [1.807, 2.05) is 0 Å². The third-order valence-corrected chi connectivity index (χ3v) is 5.99. The number of hydrogen-bond donors (Lipinski definition) is 0. The van der Waals surface area contributed by atoms with Crippen molar-refractivity contribution in [3.63, 3.8) is 0 Å². The Hall–Kier alpha value is -0.660. The predicted octanol–water partition coefficient (Wildman–Crippen LogP) is 10.7. The van der Waals surface area contributed by atoms with E-state index in [0.29, 0.717) is 0 Å². The van der Waals surface area contributed by atoms with E-state index in [-0.39, 0.29) is 39.7 Å². The normalized spacial score (nSPS) is 9.25. The van der Waals surface area contributed by atoms with Crippen molar-refractivity contribution in [1.82, 2.24) is 0 Å². The van der Waals surface area contributed by atoms with Crippen LogP contribution in [0.1, 0.15) is 76.3 Å². The Labute approximate surface area is 251 Å². The molecule has 200 valence electrons. The van der Waals surface area contributed by atoms with E-state index in [2.05, 4.69) is 93.5 Å². The van der Waals surface area contributed by atoms with Gasteiger partial charge in [-0.15, -0.1) is 106 Å². The monoisotopic (exact) mass is 618 g/mol. The molecular weight excluding hydrogens is 575 g/mol. The van der Waals surface area contributed by atoms with Gasteiger partial charge in [-0.2, -0.15) is 12.1 Å². The molecule has 0 amide bonds. The minimum absolute atomic E-state index is 0. The van der Waals surface area contributed by atoms with Crippen LogP contribution in [0.5, 0.6) is 0 Å². The van der Waals surface area contributed by atoms with Gasteiger partial charge in [0.25, 0.3) is 0 Å². The van der Waals surface area contributed by atoms with E-state index < -0.39 is 0 Å². The zero-order chi connectivity index (χ0) is 23.0. The Kier molecular flexibility index (Phi) is 27.3. The number of rotatable bonds is 10. The zero-order valence-electron chi connectivity index (χ0n) is 22.8. The van der Waals surface area contributed by atoms with Crippen molar-refractivity contribution in [3.05, 3.63) is 98.8 Å². The van der Waals surface area contributed by atoms with Gasteiger partial charge in [0.1, 0.15) is 0 Å². The molecule has 0 saturated carbocycles. The second kappa shape index (κ2) is 24.7. The molecule has 0 aromatic heterocycles. The third kappa shape index (κ3) is 14.3. The van der Waals surface area contributed by atoms with Crippen molar-refractivity contribution in [3.8, 4) is 0 Å². The second-order valence-electron chi connectivity index (χ2n) is 8.61. The van der Waals surface area contributed by atoms with Crippen LogP contribution >= 0.6 is 24.8 Å². The van der Waals surface area contributed by atoms with Crippen LogP contribution in [0.25, 0.3) is 21.5 Å². The van der Waals surface area contributed by atoms with Gasteiger partial charge >= 0.3 is 30.2 Å². The van der Waals surface area contributed by atoms with Crippen LogP contribution in [0.2, 0.25) is 0 Å². The Bertz CT molecular complexity index is 873. The van der Waals surface area contributed by atoms with Crippen LogP contribution in [0.4, 0.5) is 0 Å². The molecule has 4 aromatic carbocycles. The molecule has 0 saturated heterocycles. The Morgan fingerprint density at radius 3 is 1.28 bits per heavy atom. The van der Waals surface area contributed by atoms with Crippen LogP contribution < -0.4 is 0 Å². The summed E-state index contributed by atoms with van der Waals surface area (Å²) >= 11 is 1.36. The van der Waals surface area contributed by atoms with Gasteiger partial charge in [0, 0.05) is 0 Å². The molecule has 4 aromatic rings. The summed E-state index contributed by atoms with van der Waals surface area (Å²) < 4.78 is 0. The first-order valence-corrected chi connectivity index (χ1v) is 16.5. The summed E-state index contributed by atoms with van der Waals surface area (Å²) in [6.07, 6.45) is 13.3. The zero-order valence-corrected chi connectivity index (χ0v) is 27.9. The van der Waals surface area contributed by atoms with Crippen molar-refractivity contribution < 1.29 is 23.3 Å². The van der Waals surface area contributed by atoms with Gasteiger partial charge in [-0.25, -0.2) is 0 Å². The van der Waals surface area contributed by atoms with E-state index in [1.165, 1.54) is 120 Å². The molecule has 36 heavy (non-hydrogen) atoms. The molecule has 0 fully saturated rings. The van der Waals surface area contributed by atoms with E-state index in [4.69, 9.17) is 0 Å². The number of fused-ring (bicyclic) bond motifs is 2. The fraction of sp³-hybridized carbons (Fsp3) is 0.375. The molecule has 0 aliphatic rings. The molecule has 0 bridgehead atoms. The first-order chi connectivity index (χ1) is 15.8. The topological polar surface area (TPSA) is 0 Å². The summed E-state index contributed by atoms with van der Waals surface area (Å²) in [5.74, 6) is 0. The van der Waals surface area contributed by atoms with E-state index >= 15 is 0 Å².